The highest BCUT2D eigenvalue weighted by atomic mass is 31.3. The SMILES string of the molecule is C[C@@H]1C=c2nc3c(=O)[nH]c(=O)[nH]c3[n+](C[C@H](O)[C@H](O)[C@H](O)COP(=O)(O)OP(=O)(O)OC[C@H]3O[C@@H](n4cnc5c(N)ncnc54)[C@H](O)[C@@H]3O)c2=C[C@@H]1C. The monoisotopic (exact) mass is 788 g/mol. The lowest BCUT2D eigenvalue weighted by Crippen LogP contribution is -2.64. The lowest BCUT2D eigenvalue weighted by Gasteiger charge is -2.24. The number of hydrogen-bond acceptors (Lipinski definition) is 18. The number of hydrogen-bond donors (Lipinski definition) is 10. The summed E-state index contributed by atoms with van der Waals surface area (Å²) in [6.45, 7) is 1.13. The Morgan fingerprint density at radius 2 is 1.68 bits per heavy atom. The molecule has 11 atom stereocenters. The zero-order chi connectivity index (χ0) is 38.6. The molecule has 1 aliphatic carbocycles. The second-order valence-electron chi connectivity index (χ2n) is 12.5. The Balaban J connectivity index is 1.07. The summed E-state index contributed by atoms with van der Waals surface area (Å²) in [6.07, 6.45) is -6.26. The van der Waals surface area contributed by atoms with Gasteiger partial charge in [-0.05, 0) is 17.9 Å². The van der Waals surface area contributed by atoms with Crippen LogP contribution in [0.15, 0.2) is 22.2 Å². The van der Waals surface area contributed by atoms with E-state index in [2.05, 4.69) is 38.7 Å². The van der Waals surface area contributed by atoms with Crippen molar-refractivity contribution < 1.29 is 67.1 Å². The van der Waals surface area contributed by atoms with Gasteiger partial charge in [0.15, 0.2) is 17.7 Å². The van der Waals surface area contributed by atoms with Crippen LogP contribution >= 0.6 is 15.6 Å². The smallest absolute Gasteiger partial charge is 0.388 e. The van der Waals surface area contributed by atoms with Crippen LogP contribution in [0.5, 0.6) is 0 Å². The number of rotatable bonds is 13. The molecule has 1 saturated heterocycles. The number of fused-ring (bicyclic) bond motifs is 3. The highest BCUT2D eigenvalue weighted by Crippen LogP contribution is 2.60. The lowest BCUT2D eigenvalue weighted by atomic mass is 9.92. The first-order chi connectivity index (χ1) is 24.9. The fraction of sp³-hybridized carbons (Fsp3) is 0.519. The van der Waals surface area contributed by atoms with E-state index in [-0.39, 0.29) is 40.0 Å². The minimum atomic E-state index is -5.53. The molecule has 53 heavy (non-hydrogen) atoms. The second-order valence-corrected chi connectivity index (χ2v) is 15.6. The summed E-state index contributed by atoms with van der Waals surface area (Å²) in [5.74, 6) is 0.0112. The third-order valence-corrected chi connectivity index (χ3v) is 11.4. The largest absolute Gasteiger partial charge is 0.481 e. The highest BCUT2D eigenvalue weighted by Gasteiger charge is 2.46. The van der Waals surface area contributed by atoms with Crippen molar-refractivity contribution in [3.8, 4) is 0 Å². The summed E-state index contributed by atoms with van der Waals surface area (Å²) in [5.41, 5.74) is 4.13. The zero-order valence-corrected chi connectivity index (χ0v) is 29.5. The van der Waals surface area contributed by atoms with Crippen LogP contribution in [0.25, 0.3) is 34.5 Å². The third kappa shape index (κ3) is 8.00. The predicted molar refractivity (Wildman–Crippen MR) is 176 cm³/mol. The van der Waals surface area contributed by atoms with Crippen LogP contribution in [0.1, 0.15) is 20.1 Å². The molecule has 288 valence electrons. The van der Waals surface area contributed by atoms with Gasteiger partial charge in [0.05, 0.1) is 19.5 Å². The number of aromatic nitrogens is 8. The summed E-state index contributed by atoms with van der Waals surface area (Å²) in [5, 5.41) is 53.9. The first-order valence-electron chi connectivity index (χ1n) is 15.8. The fourth-order valence-corrected chi connectivity index (χ4v) is 7.91. The number of nitrogens with one attached hydrogen (secondary N) is 2. The Kier molecular flexibility index (Phi) is 10.8. The number of nitrogens with zero attached hydrogens (tertiary/aromatic N) is 6. The summed E-state index contributed by atoms with van der Waals surface area (Å²) in [6, 6.07) is 0. The minimum absolute atomic E-state index is 0.0154. The lowest BCUT2D eigenvalue weighted by molar-refractivity contribution is -0.695. The Hall–Kier alpha value is -3.87. The molecule has 2 aliphatic rings. The van der Waals surface area contributed by atoms with Crippen molar-refractivity contribution in [1.29, 1.82) is 0 Å². The zero-order valence-electron chi connectivity index (χ0n) is 27.7. The van der Waals surface area contributed by atoms with E-state index >= 15 is 0 Å². The van der Waals surface area contributed by atoms with E-state index in [0.29, 0.717) is 10.7 Å². The van der Waals surface area contributed by atoms with Gasteiger partial charge in [-0.2, -0.15) is 9.29 Å². The van der Waals surface area contributed by atoms with Crippen molar-refractivity contribution in [2.24, 2.45) is 11.8 Å². The molecule has 0 spiro atoms. The van der Waals surface area contributed by atoms with E-state index in [1.165, 1.54) is 15.5 Å². The second kappa shape index (κ2) is 14.8. The third-order valence-electron chi connectivity index (χ3n) is 8.80. The fourth-order valence-electron chi connectivity index (χ4n) is 5.81. The summed E-state index contributed by atoms with van der Waals surface area (Å²) in [7, 11) is -11.0. The molecule has 26 heteroatoms. The molecule has 0 bridgehead atoms. The van der Waals surface area contributed by atoms with Gasteiger partial charge in [0, 0.05) is 0 Å². The molecule has 5 heterocycles. The van der Waals surface area contributed by atoms with Crippen LogP contribution in [0, 0.1) is 11.8 Å². The molecule has 4 aromatic heterocycles. The number of ether oxygens (including phenoxy) is 1. The molecule has 11 N–H and O–H groups in total. The number of H-pyrrole nitrogens is 2. The van der Waals surface area contributed by atoms with Crippen molar-refractivity contribution in [2.45, 2.75) is 63.2 Å². The molecule has 4 aromatic rings. The first-order valence-corrected chi connectivity index (χ1v) is 18.8. The number of aliphatic hydroxyl groups is 5. The maximum atomic E-state index is 12.5. The standard InChI is InChI=1S/C27H35N9O15P2/c1-10-3-12-13(4-11(10)2)35(24-18(32-12)25(42)34-27(43)33-24)5-14(37)19(39)15(38)6-48-52(44,45)51-53(46,47)49-7-16-20(40)21(41)26(50-16)36-9-31-17-22(28)29-8-30-23(17)36/h3-4,8-11,14-16,19-21,26,37-41H,5-7H2,1-2H3,(H5,28,29,30,34,42,43,44,45,46,47)/p+1/t10-,11+,14+,15-,16-,19+,20-,21-,26-/m1/s1. The van der Waals surface area contributed by atoms with Crippen molar-refractivity contribution in [1.82, 2.24) is 34.5 Å². The van der Waals surface area contributed by atoms with Gasteiger partial charge in [-0.25, -0.2) is 38.4 Å². The van der Waals surface area contributed by atoms with E-state index in [0.717, 1.165) is 6.33 Å². The van der Waals surface area contributed by atoms with Crippen LogP contribution in [-0.4, -0.2) is 120 Å². The van der Waals surface area contributed by atoms with Crippen LogP contribution in [-0.2, 0) is 33.8 Å². The van der Waals surface area contributed by atoms with Gasteiger partial charge in [-0.1, -0.05) is 19.9 Å². The van der Waals surface area contributed by atoms with Crippen LogP contribution < -0.4 is 32.2 Å². The van der Waals surface area contributed by atoms with E-state index in [4.69, 9.17) is 15.0 Å². The molecule has 0 saturated carbocycles. The normalized spacial score (nSPS) is 27.0. The summed E-state index contributed by atoms with van der Waals surface area (Å²) >= 11 is 0. The number of phosphoric ester groups is 2. The van der Waals surface area contributed by atoms with Gasteiger partial charge in [-0.3, -0.25) is 23.4 Å². The molecular weight excluding hydrogens is 752 g/mol. The molecular formula is C27H36N9O15P2+. The van der Waals surface area contributed by atoms with E-state index < -0.39 is 89.5 Å². The summed E-state index contributed by atoms with van der Waals surface area (Å²) in [4.78, 5) is 65.5. The van der Waals surface area contributed by atoms with Gasteiger partial charge in [0.25, 0.3) is 5.56 Å². The van der Waals surface area contributed by atoms with Crippen LogP contribution in [0.4, 0.5) is 5.82 Å². The average Bonchev–Trinajstić information content (AvgIpc) is 3.63. The van der Waals surface area contributed by atoms with Crippen LogP contribution in [0.3, 0.4) is 0 Å². The molecule has 1 aliphatic heterocycles. The van der Waals surface area contributed by atoms with Crippen molar-refractivity contribution in [3.63, 3.8) is 0 Å². The molecule has 24 nitrogen and oxygen atoms in total. The summed E-state index contributed by atoms with van der Waals surface area (Å²) < 4.78 is 46.7. The van der Waals surface area contributed by atoms with E-state index in [1.54, 1.807) is 12.2 Å². The minimum Gasteiger partial charge on any atom is -0.388 e. The molecule has 6 rings (SSSR count). The Morgan fingerprint density at radius 1 is 0.981 bits per heavy atom. The molecule has 1 fully saturated rings. The number of imidazole rings is 1. The van der Waals surface area contributed by atoms with E-state index in [9.17, 15) is 54.0 Å². The highest BCUT2D eigenvalue weighted by molar-refractivity contribution is 7.61. The van der Waals surface area contributed by atoms with Gasteiger partial charge in [0.2, 0.25) is 5.52 Å². The van der Waals surface area contributed by atoms with Gasteiger partial charge >= 0.3 is 27.0 Å². The number of aromatic amines is 2. The maximum absolute atomic E-state index is 12.5. The molecule has 0 aromatic carbocycles. The van der Waals surface area contributed by atoms with Gasteiger partial charge in [-0.15, -0.1) is 0 Å². The van der Waals surface area contributed by atoms with Crippen molar-refractivity contribution >= 4 is 55.9 Å². The number of anilines is 1. The number of nitrogens with two attached hydrogens (primary N) is 1. The number of phosphoric acid groups is 2. The van der Waals surface area contributed by atoms with Crippen LogP contribution in [0.2, 0.25) is 0 Å². The van der Waals surface area contributed by atoms with E-state index in [1.807, 2.05) is 13.8 Å². The Morgan fingerprint density at radius 3 is 2.42 bits per heavy atom. The quantitative estimate of drug-likeness (QED) is 0.0448. The maximum Gasteiger partial charge on any atom is 0.481 e. The Labute approximate surface area is 295 Å². The average molecular weight is 789 g/mol. The predicted octanol–water partition coefficient (Wildman–Crippen LogP) is -4.88. The molecule has 2 unspecified atom stereocenters. The topological polar surface area (TPSA) is 365 Å². The first kappa shape index (κ1) is 38.8. The molecule has 0 radical (unpaired) electrons. The number of nitrogen functional groups attached to an aromatic ring is 1. The van der Waals surface area contributed by atoms with Gasteiger partial charge in [0.1, 0.15) is 65.7 Å². The number of aliphatic hydroxyl groups excluding tert-OH is 5. The van der Waals surface area contributed by atoms with Crippen molar-refractivity contribution in [2.75, 3.05) is 18.9 Å². The van der Waals surface area contributed by atoms with Crippen molar-refractivity contribution in [3.05, 3.63) is 44.2 Å². The molecule has 0 amide bonds. The Bertz CT molecular complexity index is 2370. The van der Waals surface area contributed by atoms with Gasteiger partial charge < -0.3 is 45.8 Å².